The van der Waals surface area contributed by atoms with Gasteiger partial charge in [0.1, 0.15) is 16.7 Å². The van der Waals surface area contributed by atoms with Crippen molar-refractivity contribution >= 4 is 23.4 Å². The Morgan fingerprint density at radius 2 is 2.05 bits per heavy atom. The number of ether oxygens (including phenoxy) is 1. The molecule has 2 saturated carbocycles. The highest BCUT2D eigenvalue weighted by Crippen LogP contribution is 2.40. The SMILES string of the molecule is COC(=O)c1nc(C2CC2)nc(NC2CCC2)c1Cl. The zero-order chi connectivity index (χ0) is 13.4. The number of hydrogen-bond donors (Lipinski definition) is 1. The third-order valence-electron chi connectivity index (χ3n) is 3.64. The number of methoxy groups -OCH3 is 1. The molecule has 2 aliphatic rings. The van der Waals surface area contributed by atoms with Gasteiger partial charge in [0, 0.05) is 12.0 Å². The van der Waals surface area contributed by atoms with Gasteiger partial charge in [-0.15, -0.1) is 0 Å². The molecule has 0 radical (unpaired) electrons. The van der Waals surface area contributed by atoms with E-state index in [2.05, 4.69) is 15.3 Å². The summed E-state index contributed by atoms with van der Waals surface area (Å²) in [6.45, 7) is 0. The Kier molecular flexibility index (Phi) is 3.31. The van der Waals surface area contributed by atoms with Crippen molar-refractivity contribution in [2.75, 3.05) is 12.4 Å². The summed E-state index contributed by atoms with van der Waals surface area (Å²) in [5, 5.41) is 3.57. The van der Waals surface area contributed by atoms with Crippen LogP contribution in [0.4, 0.5) is 5.82 Å². The van der Waals surface area contributed by atoms with Crippen LogP contribution in [-0.2, 0) is 4.74 Å². The van der Waals surface area contributed by atoms with Crippen LogP contribution in [0.1, 0.15) is 54.3 Å². The summed E-state index contributed by atoms with van der Waals surface area (Å²) in [4.78, 5) is 20.5. The minimum absolute atomic E-state index is 0.169. The normalized spacial score (nSPS) is 18.8. The van der Waals surface area contributed by atoms with Gasteiger partial charge in [-0.25, -0.2) is 14.8 Å². The lowest BCUT2D eigenvalue weighted by molar-refractivity contribution is 0.0593. The van der Waals surface area contributed by atoms with Crippen LogP contribution in [-0.4, -0.2) is 29.1 Å². The minimum atomic E-state index is -0.508. The van der Waals surface area contributed by atoms with Gasteiger partial charge in [0.2, 0.25) is 0 Å². The van der Waals surface area contributed by atoms with Gasteiger partial charge in [0.15, 0.2) is 5.69 Å². The summed E-state index contributed by atoms with van der Waals surface area (Å²) in [6.07, 6.45) is 5.61. The highest BCUT2D eigenvalue weighted by Gasteiger charge is 2.31. The van der Waals surface area contributed by atoms with E-state index in [0.29, 0.717) is 23.6 Å². The maximum Gasteiger partial charge on any atom is 0.358 e. The van der Waals surface area contributed by atoms with Crippen molar-refractivity contribution in [3.8, 4) is 0 Å². The Morgan fingerprint density at radius 3 is 2.58 bits per heavy atom. The van der Waals surface area contributed by atoms with Crippen LogP contribution in [0.5, 0.6) is 0 Å². The summed E-state index contributed by atoms with van der Waals surface area (Å²) in [5.41, 5.74) is 0.169. The maximum absolute atomic E-state index is 11.7. The van der Waals surface area contributed by atoms with E-state index < -0.39 is 5.97 Å². The Morgan fingerprint density at radius 1 is 1.32 bits per heavy atom. The van der Waals surface area contributed by atoms with Crippen molar-refractivity contribution in [1.82, 2.24) is 9.97 Å². The van der Waals surface area contributed by atoms with Crippen molar-refractivity contribution in [3.63, 3.8) is 0 Å². The predicted molar refractivity (Wildman–Crippen MR) is 71.6 cm³/mol. The predicted octanol–water partition coefficient (Wildman–Crippen LogP) is 2.76. The molecule has 0 spiro atoms. The molecule has 0 unspecified atom stereocenters. The minimum Gasteiger partial charge on any atom is -0.464 e. The Labute approximate surface area is 116 Å². The topological polar surface area (TPSA) is 64.1 Å². The molecule has 0 bridgehead atoms. The van der Waals surface area contributed by atoms with Gasteiger partial charge in [-0.3, -0.25) is 0 Å². The van der Waals surface area contributed by atoms with Gasteiger partial charge in [0.25, 0.3) is 0 Å². The van der Waals surface area contributed by atoms with E-state index in [9.17, 15) is 4.79 Å². The summed E-state index contributed by atoms with van der Waals surface area (Å²) in [6, 6.07) is 0.407. The average Bonchev–Trinajstić information content (AvgIpc) is 3.18. The lowest BCUT2D eigenvalue weighted by Crippen LogP contribution is -2.28. The second-order valence-corrected chi connectivity index (χ2v) is 5.51. The fourth-order valence-corrected chi connectivity index (χ4v) is 2.28. The molecule has 19 heavy (non-hydrogen) atoms. The summed E-state index contributed by atoms with van der Waals surface area (Å²) in [5.74, 6) is 1.13. The highest BCUT2D eigenvalue weighted by atomic mass is 35.5. The number of nitrogens with one attached hydrogen (secondary N) is 1. The number of carbonyl (C=O) groups is 1. The first-order chi connectivity index (χ1) is 9.19. The van der Waals surface area contributed by atoms with Gasteiger partial charge >= 0.3 is 5.97 Å². The summed E-state index contributed by atoms with van der Waals surface area (Å²) in [7, 11) is 1.33. The molecule has 1 aromatic heterocycles. The van der Waals surface area contributed by atoms with Crippen LogP contribution in [0.3, 0.4) is 0 Å². The number of halogens is 1. The zero-order valence-electron chi connectivity index (χ0n) is 10.8. The first-order valence-corrected chi connectivity index (χ1v) is 6.99. The molecule has 6 heteroatoms. The molecule has 5 nitrogen and oxygen atoms in total. The molecule has 102 valence electrons. The lowest BCUT2D eigenvalue weighted by atomic mass is 9.93. The fraction of sp³-hybridized carbons (Fsp3) is 0.615. The molecule has 1 N–H and O–H groups in total. The van der Waals surface area contributed by atoms with Crippen LogP contribution in [0.15, 0.2) is 0 Å². The molecule has 0 saturated heterocycles. The van der Waals surface area contributed by atoms with Crippen molar-refractivity contribution in [2.45, 2.75) is 44.1 Å². The van der Waals surface area contributed by atoms with Crippen molar-refractivity contribution < 1.29 is 9.53 Å². The van der Waals surface area contributed by atoms with Gasteiger partial charge in [-0.2, -0.15) is 0 Å². The Bertz CT molecular complexity index is 513. The van der Waals surface area contributed by atoms with Crippen molar-refractivity contribution in [1.29, 1.82) is 0 Å². The molecule has 0 atom stereocenters. The van der Waals surface area contributed by atoms with E-state index in [4.69, 9.17) is 16.3 Å². The molecule has 1 aromatic rings. The smallest absolute Gasteiger partial charge is 0.358 e. The first-order valence-electron chi connectivity index (χ1n) is 6.61. The molecule has 3 rings (SSSR count). The third-order valence-corrected chi connectivity index (χ3v) is 3.99. The summed E-state index contributed by atoms with van der Waals surface area (Å²) >= 11 is 6.22. The summed E-state index contributed by atoms with van der Waals surface area (Å²) < 4.78 is 4.73. The van der Waals surface area contributed by atoms with Crippen LogP contribution in [0.25, 0.3) is 0 Å². The number of nitrogens with zero attached hydrogens (tertiary/aromatic N) is 2. The molecule has 2 fully saturated rings. The number of carbonyl (C=O) groups excluding carboxylic acids is 1. The second kappa shape index (κ2) is 4.96. The average molecular weight is 282 g/mol. The monoisotopic (exact) mass is 281 g/mol. The van der Waals surface area contributed by atoms with Gasteiger partial charge in [0.05, 0.1) is 7.11 Å². The first kappa shape index (κ1) is 12.7. The molecular weight excluding hydrogens is 266 g/mol. The van der Waals surface area contributed by atoms with Crippen LogP contribution >= 0.6 is 11.6 Å². The quantitative estimate of drug-likeness (QED) is 0.860. The van der Waals surface area contributed by atoms with E-state index in [0.717, 1.165) is 25.7 Å². The number of rotatable bonds is 4. The third kappa shape index (κ3) is 2.52. The molecule has 0 amide bonds. The molecular formula is C13H16ClN3O2. The zero-order valence-corrected chi connectivity index (χ0v) is 11.5. The number of hydrogen-bond acceptors (Lipinski definition) is 5. The second-order valence-electron chi connectivity index (χ2n) is 5.13. The van der Waals surface area contributed by atoms with Gasteiger partial charge in [-0.1, -0.05) is 11.6 Å². The van der Waals surface area contributed by atoms with Crippen molar-refractivity contribution in [2.24, 2.45) is 0 Å². The van der Waals surface area contributed by atoms with Crippen LogP contribution < -0.4 is 5.32 Å². The highest BCUT2D eigenvalue weighted by molar-refractivity contribution is 6.35. The number of esters is 1. The molecule has 0 aromatic carbocycles. The number of aromatic nitrogens is 2. The molecule has 1 heterocycles. The van der Waals surface area contributed by atoms with E-state index in [-0.39, 0.29) is 10.7 Å². The van der Waals surface area contributed by atoms with Crippen LogP contribution in [0, 0.1) is 0 Å². The lowest BCUT2D eigenvalue weighted by Gasteiger charge is -2.27. The van der Waals surface area contributed by atoms with Crippen LogP contribution in [0.2, 0.25) is 5.02 Å². The Hall–Kier alpha value is -1.36. The maximum atomic E-state index is 11.7. The van der Waals surface area contributed by atoms with Gasteiger partial charge < -0.3 is 10.1 Å². The standard InChI is InChI=1S/C13H16ClN3O2/c1-19-13(18)10-9(14)12(15-8-3-2-4-8)17-11(16-10)7-5-6-7/h7-8H,2-6H2,1H3,(H,15,16,17). The van der Waals surface area contributed by atoms with Crippen molar-refractivity contribution in [3.05, 3.63) is 16.5 Å². The van der Waals surface area contributed by atoms with E-state index in [1.54, 1.807) is 0 Å². The fourth-order valence-electron chi connectivity index (χ4n) is 2.06. The largest absolute Gasteiger partial charge is 0.464 e. The van der Waals surface area contributed by atoms with Gasteiger partial charge in [-0.05, 0) is 32.1 Å². The molecule has 0 aliphatic heterocycles. The number of anilines is 1. The molecule has 2 aliphatic carbocycles. The Balaban J connectivity index is 1.95. The van der Waals surface area contributed by atoms with E-state index in [1.165, 1.54) is 13.5 Å². The van der Waals surface area contributed by atoms with E-state index >= 15 is 0 Å². The van der Waals surface area contributed by atoms with E-state index in [1.807, 2.05) is 0 Å².